The van der Waals surface area contributed by atoms with Crippen molar-refractivity contribution in [2.75, 3.05) is 6.61 Å². The maximum absolute atomic E-state index is 10.7. The van der Waals surface area contributed by atoms with Gasteiger partial charge in [-0.2, -0.15) is 0 Å². The van der Waals surface area contributed by atoms with Crippen molar-refractivity contribution in [1.82, 2.24) is 4.98 Å². The minimum Gasteiger partial charge on any atom is -0.494 e. The van der Waals surface area contributed by atoms with Crippen molar-refractivity contribution < 1.29 is 9.66 Å². The van der Waals surface area contributed by atoms with E-state index >= 15 is 0 Å². The van der Waals surface area contributed by atoms with E-state index in [1.165, 1.54) is 23.5 Å². The van der Waals surface area contributed by atoms with Gasteiger partial charge in [0.25, 0.3) is 5.69 Å². The van der Waals surface area contributed by atoms with E-state index in [1.54, 1.807) is 12.1 Å². The largest absolute Gasteiger partial charge is 0.494 e. The highest BCUT2D eigenvalue weighted by Gasteiger charge is 2.10. The fourth-order valence-electron chi connectivity index (χ4n) is 2.18. The Morgan fingerprint density at radius 2 is 1.96 bits per heavy atom. The van der Waals surface area contributed by atoms with E-state index < -0.39 is 4.92 Å². The number of hydrogen-bond donors (Lipinski definition) is 0. The van der Waals surface area contributed by atoms with Crippen LogP contribution in [0.2, 0.25) is 0 Å². The zero-order valence-electron chi connectivity index (χ0n) is 12.4. The Labute approximate surface area is 137 Å². The topological polar surface area (TPSA) is 65.3 Å². The van der Waals surface area contributed by atoms with Crippen LogP contribution < -0.4 is 4.74 Å². The van der Waals surface area contributed by atoms with Crippen LogP contribution in [-0.2, 0) is 0 Å². The maximum atomic E-state index is 10.7. The fraction of sp³-hybridized carbons (Fsp3) is 0.118. The van der Waals surface area contributed by atoms with Gasteiger partial charge in [0.05, 0.1) is 17.2 Å². The third-order valence-corrected chi connectivity index (χ3v) is 4.16. The van der Waals surface area contributed by atoms with E-state index in [0.29, 0.717) is 6.61 Å². The second kappa shape index (κ2) is 6.58. The number of hydrogen-bond acceptors (Lipinski definition) is 5. The van der Waals surface area contributed by atoms with Crippen LogP contribution in [0.1, 0.15) is 6.92 Å². The Kier molecular flexibility index (Phi) is 4.34. The first-order valence-corrected chi connectivity index (χ1v) is 7.99. The molecule has 0 atom stereocenters. The average Bonchev–Trinajstić information content (AvgIpc) is 3.05. The standard InChI is InChI=1S/C17H14N2O3S/c1-2-22-15-5-3-4-13(10-15)17-18-16(11-23-17)12-6-8-14(9-7-12)19(20)21/h3-11H,2H2,1H3. The fourth-order valence-corrected chi connectivity index (χ4v) is 3.00. The lowest BCUT2D eigenvalue weighted by molar-refractivity contribution is -0.384. The second-order valence-corrected chi connectivity index (χ2v) is 5.66. The SMILES string of the molecule is CCOc1cccc(-c2nc(-c3ccc([N+](=O)[O-])cc3)cs2)c1. The zero-order valence-corrected chi connectivity index (χ0v) is 13.2. The van der Waals surface area contributed by atoms with Gasteiger partial charge in [-0.05, 0) is 31.2 Å². The Morgan fingerprint density at radius 3 is 2.65 bits per heavy atom. The molecular weight excluding hydrogens is 312 g/mol. The molecule has 0 aliphatic carbocycles. The number of rotatable bonds is 5. The summed E-state index contributed by atoms with van der Waals surface area (Å²) in [6.07, 6.45) is 0. The number of ether oxygens (including phenoxy) is 1. The molecule has 0 N–H and O–H groups in total. The predicted molar refractivity (Wildman–Crippen MR) is 90.8 cm³/mol. The van der Waals surface area contributed by atoms with Crippen molar-refractivity contribution in [3.8, 4) is 27.6 Å². The maximum Gasteiger partial charge on any atom is 0.269 e. The first kappa shape index (κ1) is 15.2. The van der Waals surface area contributed by atoms with Crippen molar-refractivity contribution in [1.29, 1.82) is 0 Å². The van der Waals surface area contributed by atoms with Gasteiger partial charge in [-0.25, -0.2) is 4.98 Å². The third kappa shape index (κ3) is 3.37. The van der Waals surface area contributed by atoms with Crippen molar-refractivity contribution in [3.63, 3.8) is 0 Å². The van der Waals surface area contributed by atoms with Crippen molar-refractivity contribution in [2.24, 2.45) is 0 Å². The number of nitro groups is 1. The molecule has 2 aromatic carbocycles. The molecule has 0 saturated carbocycles. The quantitative estimate of drug-likeness (QED) is 0.500. The number of benzene rings is 2. The summed E-state index contributed by atoms with van der Waals surface area (Å²) in [5.41, 5.74) is 2.74. The molecule has 5 nitrogen and oxygen atoms in total. The highest BCUT2D eigenvalue weighted by atomic mass is 32.1. The Bertz CT molecular complexity index is 828. The van der Waals surface area contributed by atoms with Crippen LogP contribution in [-0.4, -0.2) is 16.5 Å². The van der Waals surface area contributed by atoms with Crippen LogP contribution in [0.4, 0.5) is 5.69 Å². The zero-order chi connectivity index (χ0) is 16.2. The third-order valence-electron chi connectivity index (χ3n) is 3.27. The van der Waals surface area contributed by atoms with Crippen molar-refractivity contribution >= 4 is 17.0 Å². The van der Waals surface area contributed by atoms with E-state index in [0.717, 1.165) is 27.6 Å². The number of nitrogens with zero attached hydrogens (tertiary/aromatic N) is 2. The normalized spacial score (nSPS) is 10.5. The molecule has 0 unspecified atom stereocenters. The van der Waals surface area contributed by atoms with E-state index in [-0.39, 0.29) is 5.69 Å². The molecule has 3 aromatic rings. The summed E-state index contributed by atoms with van der Waals surface area (Å²) in [5.74, 6) is 0.817. The van der Waals surface area contributed by atoms with Gasteiger partial charge < -0.3 is 4.74 Å². The van der Waals surface area contributed by atoms with Crippen LogP contribution in [0.15, 0.2) is 53.9 Å². The molecule has 0 radical (unpaired) electrons. The highest BCUT2D eigenvalue weighted by Crippen LogP contribution is 2.31. The van der Waals surface area contributed by atoms with E-state index in [4.69, 9.17) is 4.74 Å². The average molecular weight is 326 g/mol. The Hall–Kier alpha value is -2.73. The van der Waals surface area contributed by atoms with Gasteiger partial charge in [-0.1, -0.05) is 12.1 Å². The summed E-state index contributed by atoms with van der Waals surface area (Å²) in [6, 6.07) is 14.2. The second-order valence-electron chi connectivity index (χ2n) is 4.80. The summed E-state index contributed by atoms with van der Waals surface area (Å²) in [4.78, 5) is 14.9. The van der Waals surface area contributed by atoms with Crippen molar-refractivity contribution in [2.45, 2.75) is 6.92 Å². The molecule has 116 valence electrons. The highest BCUT2D eigenvalue weighted by molar-refractivity contribution is 7.13. The van der Waals surface area contributed by atoms with Gasteiger partial charge >= 0.3 is 0 Å². The van der Waals surface area contributed by atoms with Crippen LogP contribution in [0, 0.1) is 10.1 Å². The van der Waals surface area contributed by atoms with Crippen LogP contribution >= 0.6 is 11.3 Å². The lowest BCUT2D eigenvalue weighted by atomic mass is 10.1. The number of nitro benzene ring substituents is 1. The molecule has 0 aliphatic rings. The van der Waals surface area contributed by atoms with Crippen LogP contribution in [0.25, 0.3) is 21.8 Å². The monoisotopic (exact) mass is 326 g/mol. The Morgan fingerprint density at radius 1 is 1.17 bits per heavy atom. The van der Waals surface area contributed by atoms with Crippen LogP contribution in [0.5, 0.6) is 5.75 Å². The van der Waals surface area contributed by atoms with E-state index in [9.17, 15) is 10.1 Å². The van der Waals surface area contributed by atoms with Gasteiger partial charge in [0.15, 0.2) is 0 Å². The summed E-state index contributed by atoms with van der Waals surface area (Å²) in [5, 5.41) is 13.5. The summed E-state index contributed by atoms with van der Waals surface area (Å²) in [6.45, 7) is 2.57. The molecule has 0 fully saturated rings. The summed E-state index contributed by atoms with van der Waals surface area (Å²) < 4.78 is 5.51. The van der Waals surface area contributed by atoms with Crippen LogP contribution in [0.3, 0.4) is 0 Å². The smallest absolute Gasteiger partial charge is 0.269 e. The summed E-state index contributed by atoms with van der Waals surface area (Å²) >= 11 is 1.53. The Balaban J connectivity index is 1.88. The molecule has 0 saturated heterocycles. The van der Waals surface area contributed by atoms with E-state index in [1.807, 2.05) is 36.6 Å². The molecule has 0 aliphatic heterocycles. The predicted octanol–water partition coefficient (Wildman–Crippen LogP) is 4.78. The lowest BCUT2D eigenvalue weighted by Crippen LogP contribution is -1.91. The number of non-ortho nitro benzene ring substituents is 1. The van der Waals surface area contributed by atoms with Gasteiger partial charge in [0.2, 0.25) is 0 Å². The number of thiazole rings is 1. The molecule has 6 heteroatoms. The minimum atomic E-state index is -0.407. The summed E-state index contributed by atoms with van der Waals surface area (Å²) in [7, 11) is 0. The molecule has 0 bridgehead atoms. The van der Waals surface area contributed by atoms with Gasteiger partial charge in [0.1, 0.15) is 10.8 Å². The molecule has 0 spiro atoms. The van der Waals surface area contributed by atoms with Gasteiger partial charge in [-0.3, -0.25) is 10.1 Å². The molecule has 1 heterocycles. The van der Waals surface area contributed by atoms with Gasteiger partial charge in [-0.15, -0.1) is 11.3 Å². The minimum absolute atomic E-state index is 0.0774. The molecule has 3 rings (SSSR count). The molecule has 1 aromatic heterocycles. The molecular formula is C17H14N2O3S. The number of aromatic nitrogens is 1. The van der Waals surface area contributed by atoms with Gasteiger partial charge in [0, 0.05) is 28.6 Å². The van der Waals surface area contributed by atoms with E-state index in [2.05, 4.69) is 4.98 Å². The molecule has 23 heavy (non-hydrogen) atoms. The first-order valence-electron chi connectivity index (χ1n) is 7.11. The van der Waals surface area contributed by atoms with Crippen molar-refractivity contribution in [3.05, 3.63) is 64.0 Å². The molecule has 0 amide bonds. The first-order chi connectivity index (χ1) is 11.2. The lowest BCUT2D eigenvalue weighted by Gasteiger charge is -2.03.